The van der Waals surface area contributed by atoms with Gasteiger partial charge in [0, 0.05) is 17.9 Å². The summed E-state index contributed by atoms with van der Waals surface area (Å²) in [5, 5.41) is 0. The fraction of sp³-hybridized carbons (Fsp3) is 0.296. The molecule has 0 fully saturated rings. The number of anilines is 3. The number of hydrogen-bond acceptors (Lipinski definition) is 5. The Kier molecular flexibility index (Phi) is 10.7. The van der Waals surface area contributed by atoms with Crippen LogP contribution in [0.1, 0.15) is 31.1 Å². The van der Waals surface area contributed by atoms with Gasteiger partial charge >= 0.3 is 5.97 Å². The number of likely N-dealkylation sites (N-methyl/N-ethyl adjacent to an activating group) is 1. The van der Waals surface area contributed by atoms with E-state index in [1.807, 2.05) is 85.8 Å². The van der Waals surface area contributed by atoms with Gasteiger partial charge in [-0.2, -0.15) is 0 Å². The first kappa shape index (κ1) is 26.2. The van der Waals surface area contributed by atoms with Crippen LogP contribution in [-0.4, -0.2) is 43.7 Å². The molecule has 0 aliphatic rings. The lowest BCUT2D eigenvalue weighted by Crippen LogP contribution is -2.28. The quantitative estimate of drug-likeness (QED) is 0.301. The maximum Gasteiger partial charge on any atom is 0.340 e. The molecule has 0 heterocycles. The second-order valence-corrected chi connectivity index (χ2v) is 7.28. The molecule has 0 unspecified atom stereocenters. The predicted molar refractivity (Wildman–Crippen MR) is 138 cm³/mol. The predicted octanol–water partition coefficient (Wildman–Crippen LogP) is 6.48. The van der Waals surface area contributed by atoms with Crippen LogP contribution in [0.15, 0.2) is 78.9 Å². The molecule has 3 rings (SSSR count). The number of carbonyl (C=O) groups is 1. The van der Waals surface area contributed by atoms with Gasteiger partial charge in [-0.15, -0.1) is 12.4 Å². The minimum atomic E-state index is -0.320. The molecule has 5 nitrogen and oxygen atoms in total. The van der Waals surface area contributed by atoms with Crippen LogP contribution in [0, 0.1) is 0 Å². The molecule has 6 heteroatoms. The Bertz CT molecular complexity index is 976. The third-order valence-corrected chi connectivity index (χ3v) is 5.32. The van der Waals surface area contributed by atoms with Crippen LogP contribution in [0.2, 0.25) is 0 Å². The van der Waals surface area contributed by atoms with Gasteiger partial charge in [0.1, 0.15) is 12.4 Å². The fourth-order valence-electron chi connectivity index (χ4n) is 3.59. The van der Waals surface area contributed by atoms with Gasteiger partial charge < -0.3 is 19.3 Å². The monoisotopic (exact) mass is 468 g/mol. The van der Waals surface area contributed by atoms with Crippen LogP contribution in [-0.2, 0) is 4.74 Å². The highest BCUT2D eigenvalue weighted by Gasteiger charge is 2.20. The zero-order valence-corrected chi connectivity index (χ0v) is 20.4. The van der Waals surface area contributed by atoms with E-state index < -0.39 is 0 Å². The van der Waals surface area contributed by atoms with Gasteiger partial charge in [0.25, 0.3) is 0 Å². The van der Waals surface area contributed by atoms with Crippen molar-refractivity contribution in [3.63, 3.8) is 0 Å². The van der Waals surface area contributed by atoms with Crippen molar-refractivity contribution < 1.29 is 14.3 Å². The van der Waals surface area contributed by atoms with Crippen molar-refractivity contribution >= 4 is 35.4 Å². The van der Waals surface area contributed by atoms with Gasteiger partial charge in [-0.25, -0.2) is 4.79 Å². The first-order valence-corrected chi connectivity index (χ1v) is 11.2. The van der Waals surface area contributed by atoms with Crippen LogP contribution in [0.25, 0.3) is 0 Å². The maximum atomic E-state index is 13.0. The highest BCUT2D eigenvalue weighted by molar-refractivity contribution is 5.98. The van der Waals surface area contributed by atoms with E-state index >= 15 is 0 Å². The van der Waals surface area contributed by atoms with Crippen molar-refractivity contribution in [2.75, 3.05) is 37.7 Å². The summed E-state index contributed by atoms with van der Waals surface area (Å²) in [6, 6.07) is 25.5. The zero-order valence-electron chi connectivity index (χ0n) is 19.6. The SMILES string of the molecule is CCOc1ccc(N(c2ccccc2)c2ccccc2C(=O)OCCN(CC)CC)cc1.Cl. The van der Waals surface area contributed by atoms with Crippen molar-refractivity contribution in [2.24, 2.45) is 0 Å². The Morgan fingerprint density at radius 2 is 1.39 bits per heavy atom. The molecule has 0 atom stereocenters. The third kappa shape index (κ3) is 6.98. The first-order chi connectivity index (χ1) is 15.7. The Morgan fingerprint density at radius 1 is 0.788 bits per heavy atom. The molecule has 0 bridgehead atoms. The fourth-order valence-corrected chi connectivity index (χ4v) is 3.59. The summed E-state index contributed by atoms with van der Waals surface area (Å²) >= 11 is 0. The van der Waals surface area contributed by atoms with E-state index in [0.717, 1.165) is 42.4 Å². The van der Waals surface area contributed by atoms with Crippen molar-refractivity contribution in [1.82, 2.24) is 4.90 Å². The first-order valence-electron chi connectivity index (χ1n) is 11.2. The summed E-state index contributed by atoms with van der Waals surface area (Å²) in [6.45, 7) is 9.75. The number of carbonyl (C=O) groups excluding carboxylic acids is 1. The molecular formula is C27H33ClN2O3. The van der Waals surface area contributed by atoms with E-state index in [-0.39, 0.29) is 18.4 Å². The van der Waals surface area contributed by atoms with Crippen LogP contribution < -0.4 is 9.64 Å². The van der Waals surface area contributed by atoms with Crippen molar-refractivity contribution in [1.29, 1.82) is 0 Å². The maximum absolute atomic E-state index is 13.0. The average Bonchev–Trinajstić information content (AvgIpc) is 2.84. The van der Waals surface area contributed by atoms with Crippen LogP contribution in [0.3, 0.4) is 0 Å². The van der Waals surface area contributed by atoms with E-state index in [4.69, 9.17) is 9.47 Å². The minimum absolute atomic E-state index is 0. The van der Waals surface area contributed by atoms with Crippen molar-refractivity contribution in [2.45, 2.75) is 20.8 Å². The summed E-state index contributed by atoms with van der Waals surface area (Å²) < 4.78 is 11.2. The lowest BCUT2D eigenvalue weighted by Gasteiger charge is -2.27. The lowest BCUT2D eigenvalue weighted by molar-refractivity contribution is 0.0467. The molecule has 0 spiro atoms. The van der Waals surface area contributed by atoms with E-state index in [9.17, 15) is 4.79 Å². The van der Waals surface area contributed by atoms with E-state index in [1.54, 1.807) is 0 Å². The highest BCUT2D eigenvalue weighted by Crippen LogP contribution is 2.37. The van der Waals surface area contributed by atoms with E-state index in [1.165, 1.54) is 0 Å². The Labute approximate surface area is 203 Å². The normalized spacial score (nSPS) is 10.4. The van der Waals surface area contributed by atoms with Crippen molar-refractivity contribution in [3.8, 4) is 5.75 Å². The summed E-state index contributed by atoms with van der Waals surface area (Å²) in [4.78, 5) is 17.3. The molecule has 0 saturated carbocycles. The van der Waals surface area contributed by atoms with E-state index in [0.29, 0.717) is 18.8 Å². The number of para-hydroxylation sites is 2. The summed E-state index contributed by atoms with van der Waals surface area (Å²) in [6.07, 6.45) is 0. The molecule has 3 aromatic carbocycles. The Hall–Kier alpha value is -3.02. The second-order valence-electron chi connectivity index (χ2n) is 7.28. The highest BCUT2D eigenvalue weighted by atomic mass is 35.5. The Morgan fingerprint density at radius 3 is 2.03 bits per heavy atom. The van der Waals surface area contributed by atoms with Gasteiger partial charge in [-0.1, -0.05) is 44.2 Å². The molecule has 0 saturated heterocycles. The second kappa shape index (κ2) is 13.5. The number of benzene rings is 3. The molecular weight excluding hydrogens is 436 g/mol. The average molecular weight is 469 g/mol. The Balaban J connectivity index is 0.00000385. The lowest BCUT2D eigenvalue weighted by atomic mass is 10.1. The number of rotatable bonds is 11. The van der Waals surface area contributed by atoms with Crippen LogP contribution in [0.5, 0.6) is 5.75 Å². The molecule has 0 amide bonds. The van der Waals surface area contributed by atoms with Crippen LogP contribution in [0.4, 0.5) is 17.1 Å². The molecule has 3 aromatic rings. The number of esters is 1. The number of nitrogens with zero attached hydrogens (tertiary/aromatic N) is 2. The van der Waals surface area contributed by atoms with Gasteiger partial charge in [0.15, 0.2) is 0 Å². The van der Waals surface area contributed by atoms with Gasteiger partial charge in [0.05, 0.1) is 17.9 Å². The number of hydrogen-bond donors (Lipinski definition) is 0. The third-order valence-electron chi connectivity index (χ3n) is 5.32. The summed E-state index contributed by atoms with van der Waals surface area (Å²) in [5.74, 6) is 0.494. The molecule has 176 valence electrons. The summed E-state index contributed by atoms with van der Waals surface area (Å²) in [5.41, 5.74) is 3.20. The molecule has 0 aliphatic carbocycles. The smallest absolute Gasteiger partial charge is 0.340 e. The molecule has 0 N–H and O–H groups in total. The molecule has 0 aromatic heterocycles. The standard InChI is InChI=1S/C27H32N2O3.ClH/c1-4-28(5-2)20-21-32-27(30)25-14-10-11-15-26(25)29(22-12-8-7-9-13-22)23-16-18-24(19-17-23)31-6-3;/h7-19H,4-6,20-21H2,1-3H3;1H. The van der Waals surface area contributed by atoms with E-state index in [2.05, 4.69) is 23.6 Å². The zero-order chi connectivity index (χ0) is 22.8. The molecule has 0 radical (unpaired) electrons. The number of halogens is 1. The molecule has 0 aliphatic heterocycles. The van der Waals surface area contributed by atoms with Gasteiger partial charge in [-0.3, -0.25) is 0 Å². The largest absolute Gasteiger partial charge is 0.494 e. The van der Waals surface area contributed by atoms with Crippen LogP contribution >= 0.6 is 12.4 Å². The minimum Gasteiger partial charge on any atom is -0.494 e. The molecule has 33 heavy (non-hydrogen) atoms. The topological polar surface area (TPSA) is 42.0 Å². The van der Waals surface area contributed by atoms with Crippen molar-refractivity contribution in [3.05, 3.63) is 84.4 Å². The summed E-state index contributed by atoms with van der Waals surface area (Å²) in [7, 11) is 0. The number of ether oxygens (including phenoxy) is 2. The van der Waals surface area contributed by atoms with Gasteiger partial charge in [0.2, 0.25) is 0 Å². The van der Waals surface area contributed by atoms with Gasteiger partial charge in [-0.05, 0) is 68.5 Å².